The molecule has 0 radical (unpaired) electrons. The number of thiazole rings is 1. The van der Waals surface area contributed by atoms with Gasteiger partial charge in [-0.2, -0.15) is 0 Å². The smallest absolute Gasteiger partial charge is 0.261 e. The number of hydrogen-bond acceptors (Lipinski definition) is 6. The highest BCUT2D eigenvalue weighted by Gasteiger charge is 2.11. The van der Waals surface area contributed by atoms with Crippen LogP contribution in [-0.2, 0) is 6.54 Å². The third kappa shape index (κ3) is 3.29. The summed E-state index contributed by atoms with van der Waals surface area (Å²) in [5.41, 5.74) is 2.38. The van der Waals surface area contributed by atoms with Crippen LogP contribution in [0.4, 0.5) is 0 Å². The summed E-state index contributed by atoms with van der Waals surface area (Å²) in [6, 6.07) is 13.0. The maximum absolute atomic E-state index is 12.6. The molecule has 0 bridgehead atoms. The molecule has 4 aromatic rings. The fourth-order valence-corrected chi connectivity index (χ4v) is 3.68. The summed E-state index contributed by atoms with van der Waals surface area (Å²) in [5.74, 6) is 1.33. The van der Waals surface area contributed by atoms with E-state index in [1.54, 1.807) is 31.2 Å². The average Bonchev–Trinajstić information content (AvgIpc) is 3.18. The summed E-state index contributed by atoms with van der Waals surface area (Å²) >= 11 is 1.52. The monoisotopic (exact) mass is 379 g/mol. The van der Waals surface area contributed by atoms with Crippen molar-refractivity contribution in [3.8, 4) is 22.1 Å². The number of para-hydroxylation sites is 1. The molecule has 0 atom stereocenters. The van der Waals surface area contributed by atoms with Gasteiger partial charge >= 0.3 is 0 Å². The highest BCUT2D eigenvalue weighted by Crippen LogP contribution is 2.33. The Morgan fingerprint density at radius 3 is 2.70 bits per heavy atom. The number of methoxy groups -OCH3 is 2. The van der Waals surface area contributed by atoms with E-state index in [9.17, 15) is 4.79 Å². The summed E-state index contributed by atoms with van der Waals surface area (Å²) in [4.78, 5) is 21.6. The fourth-order valence-electron chi connectivity index (χ4n) is 2.87. The van der Waals surface area contributed by atoms with E-state index in [4.69, 9.17) is 9.47 Å². The quantitative estimate of drug-likeness (QED) is 0.530. The van der Waals surface area contributed by atoms with Crippen molar-refractivity contribution in [2.75, 3.05) is 14.2 Å². The minimum Gasteiger partial charge on any atom is -0.493 e. The van der Waals surface area contributed by atoms with Crippen molar-refractivity contribution in [3.05, 3.63) is 70.2 Å². The second-order valence-corrected chi connectivity index (χ2v) is 6.77. The first-order valence-corrected chi connectivity index (χ1v) is 9.18. The standard InChI is InChI=1S/C20H17N3O3S/c1-25-17-8-7-13(9-18(17)26-2)19-22-14(11-27-19)10-23-12-21-16-6-4-3-5-15(16)20(23)24/h3-9,11-12H,10H2,1-2H3. The van der Waals surface area contributed by atoms with Gasteiger partial charge in [-0.3, -0.25) is 9.36 Å². The average molecular weight is 379 g/mol. The normalized spacial score (nSPS) is 10.9. The fraction of sp³-hybridized carbons (Fsp3) is 0.150. The van der Waals surface area contributed by atoms with Crippen LogP contribution >= 0.6 is 11.3 Å². The largest absolute Gasteiger partial charge is 0.493 e. The van der Waals surface area contributed by atoms with E-state index in [-0.39, 0.29) is 5.56 Å². The van der Waals surface area contributed by atoms with Gasteiger partial charge in [-0.1, -0.05) is 12.1 Å². The van der Waals surface area contributed by atoms with Gasteiger partial charge < -0.3 is 9.47 Å². The lowest BCUT2D eigenvalue weighted by atomic mass is 10.2. The van der Waals surface area contributed by atoms with Crippen molar-refractivity contribution >= 4 is 22.2 Å². The Morgan fingerprint density at radius 2 is 1.89 bits per heavy atom. The first-order chi connectivity index (χ1) is 13.2. The molecule has 2 heterocycles. The van der Waals surface area contributed by atoms with Crippen LogP contribution in [0, 0.1) is 0 Å². The van der Waals surface area contributed by atoms with Crippen LogP contribution in [0.5, 0.6) is 11.5 Å². The first-order valence-electron chi connectivity index (χ1n) is 8.30. The van der Waals surface area contributed by atoms with Crippen molar-refractivity contribution in [3.63, 3.8) is 0 Å². The van der Waals surface area contributed by atoms with Crippen LogP contribution in [0.25, 0.3) is 21.5 Å². The molecule has 0 aliphatic rings. The minimum absolute atomic E-state index is 0.0683. The molecule has 2 aromatic carbocycles. The second kappa shape index (κ2) is 7.20. The van der Waals surface area contributed by atoms with Crippen molar-refractivity contribution in [1.82, 2.24) is 14.5 Å². The van der Waals surface area contributed by atoms with Crippen molar-refractivity contribution in [2.45, 2.75) is 6.54 Å². The lowest BCUT2D eigenvalue weighted by Crippen LogP contribution is -2.21. The Hall–Kier alpha value is -3.19. The highest BCUT2D eigenvalue weighted by molar-refractivity contribution is 7.13. The molecule has 0 N–H and O–H groups in total. The molecule has 0 fully saturated rings. The number of fused-ring (bicyclic) bond motifs is 1. The molecule has 0 saturated carbocycles. The van der Waals surface area contributed by atoms with Gasteiger partial charge in [-0.05, 0) is 30.3 Å². The molecule has 0 unspecified atom stereocenters. The number of ether oxygens (including phenoxy) is 2. The van der Waals surface area contributed by atoms with Gasteiger partial charge in [-0.15, -0.1) is 11.3 Å². The van der Waals surface area contributed by atoms with E-state index in [1.807, 2.05) is 41.8 Å². The molecule has 2 aromatic heterocycles. The van der Waals surface area contributed by atoms with Crippen LogP contribution in [0.1, 0.15) is 5.69 Å². The van der Waals surface area contributed by atoms with Gasteiger partial charge in [0, 0.05) is 10.9 Å². The number of hydrogen-bond donors (Lipinski definition) is 0. The third-order valence-electron chi connectivity index (χ3n) is 4.25. The molecular weight excluding hydrogens is 362 g/mol. The molecule has 7 heteroatoms. The number of aromatic nitrogens is 3. The zero-order chi connectivity index (χ0) is 18.8. The predicted octanol–water partition coefficient (Wildman–Crippen LogP) is 3.59. The molecule has 0 aliphatic heterocycles. The van der Waals surface area contributed by atoms with Crippen molar-refractivity contribution in [1.29, 1.82) is 0 Å². The van der Waals surface area contributed by atoms with Crippen molar-refractivity contribution < 1.29 is 9.47 Å². The van der Waals surface area contributed by atoms with Crippen LogP contribution < -0.4 is 15.0 Å². The van der Waals surface area contributed by atoms with E-state index in [2.05, 4.69) is 9.97 Å². The molecule has 0 spiro atoms. The van der Waals surface area contributed by atoms with Gasteiger partial charge in [0.2, 0.25) is 0 Å². The number of nitrogens with zero attached hydrogens (tertiary/aromatic N) is 3. The van der Waals surface area contributed by atoms with Gasteiger partial charge in [0.25, 0.3) is 5.56 Å². The Labute approximate surface area is 159 Å². The van der Waals surface area contributed by atoms with Crippen LogP contribution in [0.2, 0.25) is 0 Å². The zero-order valence-electron chi connectivity index (χ0n) is 14.9. The topological polar surface area (TPSA) is 66.2 Å². The molecule has 4 rings (SSSR count). The molecule has 27 heavy (non-hydrogen) atoms. The maximum atomic E-state index is 12.6. The van der Waals surface area contributed by atoms with E-state index < -0.39 is 0 Å². The van der Waals surface area contributed by atoms with Crippen LogP contribution in [0.15, 0.2) is 59.0 Å². The summed E-state index contributed by atoms with van der Waals surface area (Å²) in [6.45, 7) is 0.375. The van der Waals surface area contributed by atoms with Gasteiger partial charge in [0.05, 0.1) is 43.7 Å². The van der Waals surface area contributed by atoms with Gasteiger partial charge in [0.1, 0.15) is 5.01 Å². The van der Waals surface area contributed by atoms with Crippen LogP contribution in [0.3, 0.4) is 0 Å². The lowest BCUT2D eigenvalue weighted by Gasteiger charge is -2.08. The van der Waals surface area contributed by atoms with E-state index >= 15 is 0 Å². The Balaban J connectivity index is 1.64. The molecule has 0 amide bonds. The summed E-state index contributed by atoms with van der Waals surface area (Å²) in [7, 11) is 3.21. The number of benzene rings is 2. The highest BCUT2D eigenvalue weighted by atomic mass is 32.1. The number of rotatable bonds is 5. The Kier molecular flexibility index (Phi) is 4.60. The second-order valence-electron chi connectivity index (χ2n) is 5.91. The Bertz CT molecular complexity index is 1170. The molecular formula is C20H17N3O3S. The Morgan fingerprint density at radius 1 is 1.07 bits per heavy atom. The first kappa shape index (κ1) is 17.2. The third-order valence-corrected chi connectivity index (χ3v) is 5.19. The molecule has 136 valence electrons. The summed E-state index contributed by atoms with van der Waals surface area (Å²) in [5, 5.41) is 3.41. The molecule has 6 nitrogen and oxygen atoms in total. The molecule has 0 aliphatic carbocycles. The predicted molar refractivity (Wildman–Crippen MR) is 106 cm³/mol. The summed E-state index contributed by atoms with van der Waals surface area (Å²) in [6.07, 6.45) is 1.57. The van der Waals surface area contributed by atoms with E-state index in [0.717, 1.165) is 16.3 Å². The minimum atomic E-state index is -0.0683. The van der Waals surface area contributed by atoms with Crippen LogP contribution in [-0.4, -0.2) is 28.8 Å². The van der Waals surface area contributed by atoms with Gasteiger partial charge in [-0.25, -0.2) is 9.97 Å². The van der Waals surface area contributed by atoms with E-state index in [1.165, 1.54) is 11.3 Å². The van der Waals surface area contributed by atoms with E-state index in [0.29, 0.717) is 28.9 Å². The zero-order valence-corrected chi connectivity index (χ0v) is 15.7. The molecule has 0 saturated heterocycles. The lowest BCUT2D eigenvalue weighted by molar-refractivity contribution is 0.355. The van der Waals surface area contributed by atoms with Gasteiger partial charge in [0.15, 0.2) is 11.5 Å². The maximum Gasteiger partial charge on any atom is 0.261 e. The SMILES string of the molecule is COc1ccc(-c2nc(Cn3cnc4ccccc4c3=O)cs2)cc1OC. The summed E-state index contributed by atoms with van der Waals surface area (Å²) < 4.78 is 12.2. The van der Waals surface area contributed by atoms with Crippen molar-refractivity contribution in [2.24, 2.45) is 0 Å².